The molecule has 2 fully saturated rings. The Morgan fingerprint density at radius 3 is 2.10 bits per heavy atom. The normalized spacial score (nSPS) is 28.5. The van der Waals surface area contributed by atoms with Gasteiger partial charge in [-0.05, 0) is 44.6 Å². The molecule has 20 heavy (non-hydrogen) atoms. The summed E-state index contributed by atoms with van der Waals surface area (Å²) in [6.07, 6.45) is 11.1. The smallest absolute Gasteiger partial charge is 0.0443 e. The van der Waals surface area contributed by atoms with Crippen molar-refractivity contribution in [3.63, 3.8) is 0 Å². The molecule has 2 saturated carbocycles. The molecule has 0 aromatic rings. The molecule has 1 N–H and O–H groups in total. The number of hydrogen-bond donors (Lipinski definition) is 1. The molecule has 0 aliphatic heterocycles. The lowest BCUT2D eigenvalue weighted by Crippen LogP contribution is -2.37. The third kappa shape index (κ3) is 6.13. The highest BCUT2D eigenvalue weighted by Gasteiger charge is 2.29. The van der Waals surface area contributed by atoms with Gasteiger partial charge in [0.25, 0.3) is 0 Å². The fourth-order valence-corrected chi connectivity index (χ4v) is 3.87. The van der Waals surface area contributed by atoms with E-state index >= 15 is 0 Å². The van der Waals surface area contributed by atoms with E-state index in [1.165, 1.54) is 44.9 Å². The molecule has 0 amide bonds. The Labute approximate surface area is 126 Å². The number of aliphatic hydroxyl groups excluding tert-OH is 1. The molecule has 0 spiro atoms. The minimum Gasteiger partial charge on any atom is -0.396 e. The highest BCUT2D eigenvalue weighted by Crippen LogP contribution is 2.35. The molecule has 0 bridgehead atoms. The number of hydrogen-bond acceptors (Lipinski definition) is 2. The number of rotatable bonds is 5. The Balaban J connectivity index is 0.000000276. The van der Waals surface area contributed by atoms with Gasteiger partial charge in [0, 0.05) is 19.2 Å². The second-order valence-electron chi connectivity index (χ2n) is 7.26. The van der Waals surface area contributed by atoms with Crippen LogP contribution in [-0.4, -0.2) is 36.2 Å². The van der Waals surface area contributed by atoms with Crippen LogP contribution in [0.2, 0.25) is 0 Å². The molecule has 2 aliphatic carbocycles. The van der Waals surface area contributed by atoms with E-state index in [0.717, 1.165) is 30.7 Å². The predicted octanol–water partition coefficient (Wildman–Crippen LogP) is 4.32. The van der Waals surface area contributed by atoms with E-state index in [9.17, 15) is 0 Å². The Bertz CT molecular complexity index is 238. The minimum absolute atomic E-state index is 0.317. The predicted molar refractivity (Wildman–Crippen MR) is 87.9 cm³/mol. The van der Waals surface area contributed by atoms with Crippen molar-refractivity contribution in [2.75, 3.05) is 20.2 Å². The van der Waals surface area contributed by atoms with Gasteiger partial charge in [-0.25, -0.2) is 0 Å². The van der Waals surface area contributed by atoms with E-state index in [1.807, 2.05) is 0 Å². The molecule has 2 unspecified atom stereocenters. The van der Waals surface area contributed by atoms with Crippen molar-refractivity contribution in [2.45, 2.75) is 78.2 Å². The maximum atomic E-state index is 8.79. The van der Waals surface area contributed by atoms with Crippen LogP contribution < -0.4 is 0 Å². The zero-order chi connectivity index (χ0) is 15.0. The van der Waals surface area contributed by atoms with Gasteiger partial charge in [0.2, 0.25) is 0 Å². The van der Waals surface area contributed by atoms with Crippen LogP contribution in [0.1, 0.15) is 72.1 Å². The molecule has 2 aliphatic rings. The fraction of sp³-hybridized carbons (Fsp3) is 1.00. The highest BCUT2D eigenvalue weighted by atomic mass is 16.3. The average molecular weight is 284 g/mol. The van der Waals surface area contributed by atoms with E-state index in [1.54, 1.807) is 0 Å². The fourth-order valence-electron chi connectivity index (χ4n) is 3.87. The van der Waals surface area contributed by atoms with E-state index < -0.39 is 0 Å². The Morgan fingerprint density at radius 2 is 1.70 bits per heavy atom. The molecule has 0 radical (unpaired) electrons. The largest absolute Gasteiger partial charge is 0.396 e. The van der Waals surface area contributed by atoms with Gasteiger partial charge in [-0.3, -0.25) is 0 Å². The molecular formula is C18H37NO. The van der Waals surface area contributed by atoms with Gasteiger partial charge >= 0.3 is 0 Å². The summed E-state index contributed by atoms with van der Waals surface area (Å²) in [6, 6.07) is 0.680. The van der Waals surface area contributed by atoms with Gasteiger partial charge < -0.3 is 10.0 Å². The molecule has 0 aromatic heterocycles. The summed E-state index contributed by atoms with van der Waals surface area (Å²) >= 11 is 0. The maximum Gasteiger partial charge on any atom is 0.0443 e. The molecule has 0 aromatic carbocycles. The van der Waals surface area contributed by atoms with Gasteiger partial charge in [0.15, 0.2) is 0 Å². The molecular weight excluding hydrogens is 246 g/mol. The van der Waals surface area contributed by atoms with Crippen LogP contribution in [0.15, 0.2) is 0 Å². The van der Waals surface area contributed by atoms with Gasteiger partial charge in [-0.1, -0.05) is 52.4 Å². The van der Waals surface area contributed by atoms with Crippen molar-refractivity contribution in [3.8, 4) is 0 Å². The third-order valence-corrected chi connectivity index (χ3v) is 5.56. The first-order valence-electron chi connectivity index (χ1n) is 8.87. The zero-order valence-electron chi connectivity index (χ0n) is 14.3. The summed E-state index contributed by atoms with van der Waals surface area (Å²) in [4.78, 5) is 2.41. The van der Waals surface area contributed by atoms with Crippen molar-refractivity contribution in [2.24, 2.45) is 17.8 Å². The van der Waals surface area contributed by atoms with Crippen LogP contribution in [0.5, 0.6) is 0 Å². The quantitative estimate of drug-likeness (QED) is 0.812. The molecule has 2 nitrogen and oxygen atoms in total. The molecule has 2 heteroatoms. The zero-order valence-corrected chi connectivity index (χ0v) is 14.3. The molecule has 3 atom stereocenters. The van der Waals surface area contributed by atoms with Crippen LogP contribution in [0.3, 0.4) is 0 Å². The maximum absolute atomic E-state index is 8.79. The summed E-state index contributed by atoms with van der Waals surface area (Å²) in [5.74, 6) is 2.81. The molecule has 2 rings (SSSR count). The first kappa shape index (κ1) is 18.0. The summed E-state index contributed by atoms with van der Waals surface area (Å²) in [5, 5.41) is 8.79. The lowest BCUT2D eigenvalue weighted by molar-refractivity contribution is 0.153. The van der Waals surface area contributed by atoms with Crippen LogP contribution >= 0.6 is 0 Å². The lowest BCUT2D eigenvalue weighted by atomic mass is 9.90. The molecule has 120 valence electrons. The van der Waals surface area contributed by atoms with Gasteiger partial charge in [-0.15, -0.1) is 0 Å². The first-order valence-corrected chi connectivity index (χ1v) is 8.87. The van der Waals surface area contributed by atoms with Gasteiger partial charge in [0.05, 0.1) is 0 Å². The lowest BCUT2D eigenvalue weighted by Gasteiger charge is -2.32. The van der Waals surface area contributed by atoms with Crippen molar-refractivity contribution in [3.05, 3.63) is 0 Å². The van der Waals surface area contributed by atoms with Crippen molar-refractivity contribution in [1.29, 1.82) is 0 Å². The van der Waals surface area contributed by atoms with E-state index in [4.69, 9.17) is 5.11 Å². The average Bonchev–Trinajstić information content (AvgIpc) is 3.07. The third-order valence-electron chi connectivity index (χ3n) is 5.56. The SMILES string of the molecule is CC1CCCC1.CC1CCCC1[C@@H](C)N(C)CCCO. The van der Waals surface area contributed by atoms with Crippen molar-refractivity contribution >= 4 is 0 Å². The molecule has 0 heterocycles. The summed E-state index contributed by atoms with van der Waals surface area (Å²) in [7, 11) is 2.19. The van der Waals surface area contributed by atoms with Crippen molar-refractivity contribution < 1.29 is 5.11 Å². The Hall–Kier alpha value is -0.0800. The van der Waals surface area contributed by atoms with Crippen LogP contribution in [0, 0.1) is 17.8 Å². The monoisotopic (exact) mass is 283 g/mol. The summed E-state index contributed by atoms with van der Waals surface area (Å²) < 4.78 is 0. The highest BCUT2D eigenvalue weighted by molar-refractivity contribution is 4.82. The summed E-state index contributed by atoms with van der Waals surface area (Å²) in [5.41, 5.74) is 0. The van der Waals surface area contributed by atoms with E-state index in [2.05, 4.69) is 32.7 Å². The van der Waals surface area contributed by atoms with E-state index in [-0.39, 0.29) is 0 Å². The van der Waals surface area contributed by atoms with Crippen LogP contribution in [0.4, 0.5) is 0 Å². The number of aliphatic hydroxyl groups is 1. The second kappa shape index (κ2) is 9.78. The topological polar surface area (TPSA) is 23.5 Å². The number of nitrogens with zero attached hydrogens (tertiary/aromatic N) is 1. The van der Waals surface area contributed by atoms with Crippen LogP contribution in [-0.2, 0) is 0 Å². The van der Waals surface area contributed by atoms with E-state index in [0.29, 0.717) is 12.6 Å². The van der Waals surface area contributed by atoms with Gasteiger partial charge in [-0.2, -0.15) is 0 Å². The Kier molecular flexibility index (Phi) is 8.79. The minimum atomic E-state index is 0.317. The van der Waals surface area contributed by atoms with Crippen molar-refractivity contribution in [1.82, 2.24) is 4.90 Å². The summed E-state index contributed by atoms with van der Waals surface area (Å²) in [6.45, 7) is 8.41. The molecule has 0 saturated heterocycles. The van der Waals surface area contributed by atoms with Gasteiger partial charge in [0.1, 0.15) is 0 Å². The first-order chi connectivity index (χ1) is 9.56. The Morgan fingerprint density at radius 1 is 1.05 bits per heavy atom. The second-order valence-corrected chi connectivity index (χ2v) is 7.26. The van der Waals surface area contributed by atoms with Crippen LogP contribution in [0.25, 0.3) is 0 Å². The standard InChI is InChI=1S/C12H25NO.C6H12/c1-10-6-4-7-12(10)11(2)13(3)8-5-9-14;1-6-4-2-3-5-6/h10-12,14H,4-9H2,1-3H3;6H,2-5H2,1H3/t10?,11-,12?;/m1./s1.